The molecule has 1 rings (SSSR count). The van der Waals surface area contributed by atoms with Crippen LogP contribution >= 0.6 is 11.6 Å². The van der Waals surface area contributed by atoms with Crippen LogP contribution in [0.3, 0.4) is 0 Å². The quantitative estimate of drug-likeness (QED) is 0.404. The SMILES string of the molecule is N#Cc1ccc(C(Cl)=NO)nc1. The Kier molecular flexibility index (Phi) is 2.62. The molecule has 0 aliphatic heterocycles. The van der Waals surface area contributed by atoms with E-state index in [2.05, 4.69) is 10.1 Å². The highest BCUT2D eigenvalue weighted by atomic mass is 35.5. The van der Waals surface area contributed by atoms with Gasteiger partial charge in [0.1, 0.15) is 11.8 Å². The molecule has 1 heterocycles. The van der Waals surface area contributed by atoms with Crippen LogP contribution in [0.1, 0.15) is 11.3 Å². The average molecular weight is 182 g/mol. The molecule has 1 aromatic rings. The number of rotatable bonds is 1. The van der Waals surface area contributed by atoms with E-state index in [0.29, 0.717) is 11.3 Å². The van der Waals surface area contributed by atoms with Gasteiger partial charge in [-0.15, -0.1) is 0 Å². The number of nitriles is 1. The third-order valence-corrected chi connectivity index (χ3v) is 1.46. The summed E-state index contributed by atoms with van der Waals surface area (Å²) < 4.78 is 0. The third kappa shape index (κ3) is 1.71. The summed E-state index contributed by atoms with van der Waals surface area (Å²) in [4.78, 5) is 3.78. The molecule has 5 heteroatoms. The molecule has 0 saturated heterocycles. The molecule has 60 valence electrons. The predicted molar refractivity (Wildman–Crippen MR) is 43.1 cm³/mol. The predicted octanol–water partition coefficient (Wildman–Crippen LogP) is 1.33. The molecule has 12 heavy (non-hydrogen) atoms. The van der Waals surface area contributed by atoms with Crippen molar-refractivity contribution < 1.29 is 5.21 Å². The maximum Gasteiger partial charge on any atom is 0.193 e. The van der Waals surface area contributed by atoms with Gasteiger partial charge in [-0.1, -0.05) is 16.8 Å². The molecular weight excluding hydrogens is 178 g/mol. The zero-order valence-corrected chi connectivity index (χ0v) is 6.65. The van der Waals surface area contributed by atoms with E-state index < -0.39 is 0 Å². The first-order valence-corrected chi connectivity index (χ1v) is 3.40. The Hall–Kier alpha value is -1.60. The molecule has 0 amide bonds. The second-order valence-corrected chi connectivity index (χ2v) is 2.29. The Morgan fingerprint density at radius 1 is 1.67 bits per heavy atom. The molecule has 0 spiro atoms. The fourth-order valence-corrected chi connectivity index (χ4v) is 0.745. The van der Waals surface area contributed by atoms with E-state index in [1.807, 2.05) is 6.07 Å². The van der Waals surface area contributed by atoms with Crippen LogP contribution in [0.5, 0.6) is 0 Å². The van der Waals surface area contributed by atoms with Crippen molar-refractivity contribution in [2.24, 2.45) is 5.16 Å². The highest BCUT2D eigenvalue weighted by molar-refractivity contribution is 6.69. The molecular formula is C7H4ClN3O. The van der Waals surface area contributed by atoms with Gasteiger partial charge >= 0.3 is 0 Å². The van der Waals surface area contributed by atoms with Gasteiger partial charge in [-0.2, -0.15) is 5.26 Å². The monoisotopic (exact) mass is 181 g/mol. The van der Waals surface area contributed by atoms with E-state index in [1.165, 1.54) is 18.3 Å². The largest absolute Gasteiger partial charge is 0.410 e. The van der Waals surface area contributed by atoms with E-state index in [1.54, 1.807) is 0 Å². The summed E-state index contributed by atoms with van der Waals surface area (Å²) in [6, 6.07) is 4.94. The number of halogens is 1. The fourth-order valence-electron chi connectivity index (χ4n) is 0.633. The number of aromatic nitrogens is 1. The number of hydrogen-bond donors (Lipinski definition) is 1. The van der Waals surface area contributed by atoms with Gasteiger partial charge in [0.2, 0.25) is 0 Å². The Balaban J connectivity index is 3.02. The minimum Gasteiger partial charge on any atom is -0.410 e. The summed E-state index contributed by atoms with van der Waals surface area (Å²) in [7, 11) is 0. The van der Waals surface area contributed by atoms with Gasteiger partial charge in [-0.25, -0.2) is 0 Å². The highest BCUT2D eigenvalue weighted by Gasteiger charge is 2.00. The lowest BCUT2D eigenvalue weighted by Gasteiger charge is -1.93. The van der Waals surface area contributed by atoms with Crippen molar-refractivity contribution in [2.75, 3.05) is 0 Å². The van der Waals surface area contributed by atoms with Gasteiger partial charge < -0.3 is 5.21 Å². The van der Waals surface area contributed by atoms with Crippen molar-refractivity contribution in [1.29, 1.82) is 5.26 Å². The third-order valence-electron chi connectivity index (χ3n) is 1.19. The normalized spacial score (nSPS) is 10.8. The zero-order valence-electron chi connectivity index (χ0n) is 5.90. The van der Waals surface area contributed by atoms with Crippen LogP contribution in [0.25, 0.3) is 0 Å². The van der Waals surface area contributed by atoms with E-state index in [4.69, 9.17) is 22.1 Å². The molecule has 0 aliphatic carbocycles. The number of hydrogen-bond acceptors (Lipinski definition) is 4. The molecule has 1 N–H and O–H groups in total. The van der Waals surface area contributed by atoms with Gasteiger partial charge in [-0.3, -0.25) is 4.98 Å². The maximum atomic E-state index is 8.42. The molecule has 0 saturated carbocycles. The molecule has 0 aliphatic rings. The lowest BCUT2D eigenvalue weighted by Crippen LogP contribution is -1.94. The smallest absolute Gasteiger partial charge is 0.193 e. The topological polar surface area (TPSA) is 69.3 Å². The Morgan fingerprint density at radius 2 is 2.42 bits per heavy atom. The summed E-state index contributed by atoms with van der Waals surface area (Å²) in [5.74, 6) is 0. The van der Waals surface area contributed by atoms with Crippen LogP contribution < -0.4 is 0 Å². The van der Waals surface area contributed by atoms with Crippen LogP contribution in [-0.4, -0.2) is 15.4 Å². The van der Waals surface area contributed by atoms with Gasteiger partial charge in [0.25, 0.3) is 0 Å². The van der Waals surface area contributed by atoms with Gasteiger partial charge in [0.15, 0.2) is 5.17 Å². The first-order valence-electron chi connectivity index (χ1n) is 3.02. The average Bonchev–Trinajstić information content (AvgIpc) is 2.17. The van der Waals surface area contributed by atoms with E-state index in [9.17, 15) is 0 Å². The Bertz CT molecular complexity index is 339. The summed E-state index contributed by atoms with van der Waals surface area (Å²) in [6.45, 7) is 0. The molecule has 0 fully saturated rings. The van der Waals surface area contributed by atoms with Crippen LogP contribution in [-0.2, 0) is 0 Å². The van der Waals surface area contributed by atoms with Gasteiger partial charge in [-0.05, 0) is 12.1 Å². The molecule has 0 aromatic carbocycles. The second kappa shape index (κ2) is 3.69. The molecule has 4 nitrogen and oxygen atoms in total. The minimum atomic E-state index is -0.0977. The first kappa shape index (κ1) is 8.50. The summed E-state index contributed by atoms with van der Waals surface area (Å²) in [6.07, 6.45) is 1.35. The molecule has 0 bridgehead atoms. The molecule has 0 unspecified atom stereocenters. The van der Waals surface area contributed by atoms with Gasteiger partial charge in [0.05, 0.1) is 5.56 Å². The van der Waals surface area contributed by atoms with Crippen LogP contribution in [0.15, 0.2) is 23.5 Å². The Labute approximate surface area is 73.7 Å². The van der Waals surface area contributed by atoms with Crippen LogP contribution in [0.2, 0.25) is 0 Å². The van der Waals surface area contributed by atoms with Crippen molar-refractivity contribution >= 4 is 16.8 Å². The van der Waals surface area contributed by atoms with E-state index in [0.717, 1.165) is 0 Å². The standard InChI is InChI=1S/C7H4ClN3O/c8-7(11-12)6-2-1-5(3-9)4-10-6/h1-2,4,12H. The van der Waals surface area contributed by atoms with Crippen LogP contribution in [0, 0.1) is 11.3 Å². The molecule has 0 radical (unpaired) electrons. The number of pyridine rings is 1. The van der Waals surface area contributed by atoms with E-state index >= 15 is 0 Å². The Morgan fingerprint density at radius 3 is 2.83 bits per heavy atom. The number of nitrogens with zero attached hydrogens (tertiary/aromatic N) is 3. The lowest BCUT2D eigenvalue weighted by molar-refractivity contribution is 0.320. The first-order chi connectivity index (χ1) is 5.77. The summed E-state index contributed by atoms with van der Waals surface area (Å²) in [5.41, 5.74) is 0.763. The lowest BCUT2D eigenvalue weighted by atomic mass is 10.3. The minimum absolute atomic E-state index is 0.0977. The van der Waals surface area contributed by atoms with Crippen molar-refractivity contribution in [3.05, 3.63) is 29.6 Å². The molecule has 1 aromatic heterocycles. The van der Waals surface area contributed by atoms with E-state index in [-0.39, 0.29) is 5.17 Å². The molecule has 0 atom stereocenters. The fraction of sp³-hybridized carbons (Fsp3) is 0. The number of oxime groups is 1. The van der Waals surface area contributed by atoms with Crippen molar-refractivity contribution in [1.82, 2.24) is 4.98 Å². The second-order valence-electron chi connectivity index (χ2n) is 1.93. The van der Waals surface area contributed by atoms with Gasteiger partial charge in [0, 0.05) is 6.20 Å². The van der Waals surface area contributed by atoms with Crippen LogP contribution in [0.4, 0.5) is 0 Å². The maximum absolute atomic E-state index is 8.42. The van der Waals surface area contributed by atoms with Crippen molar-refractivity contribution in [3.8, 4) is 6.07 Å². The summed E-state index contributed by atoms with van der Waals surface area (Å²) >= 11 is 5.44. The zero-order chi connectivity index (χ0) is 8.97. The van der Waals surface area contributed by atoms with Crippen molar-refractivity contribution in [2.45, 2.75) is 0 Å². The summed E-state index contributed by atoms with van der Waals surface area (Å²) in [5, 5.41) is 19.3. The van der Waals surface area contributed by atoms with Crippen molar-refractivity contribution in [3.63, 3.8) is 0 Å². The highest BCUT2D eigenvalue weighted by Crippen LogP contribution is 2.02.